The van der Waals surface area contributed by atoms with Crippen LogP contribution in [-0.4, -0.2) is 21.9 Å². The largest absolute Gasteiger partial charge is 0.478 e. The topological polar surface area (TPSA) is 54.4 Å². The lowest BCUT2D eigenvalue weighted by molar-refractivity contribution is -0.109. The van der Waals surface area contributed by atoms with Crippen molar-refractivity contribution >= 4 is 38.8 Å². The molecule has 0 bridgehead atoms. The van der Waals surface area contributed by atoms with Crippen LogP contribution in [0.3, 0.4) is 0 Å². The number of carbonyl (C=O) groups is 2. The third kappa shape index (κ3) is 4.94. The molecule has 0 aliphatic rings. The van der Waals surface area contributed by atoms with Crippen molar-refractivity contribution < 1.29 is 14.7 Å². The van der Waals surface area contributed by atoms with Gasteiger partial charge in [0.05, 0.1) is 5.56 Å². The van der Waals surface area contributed by atoms with Crippen molar-refractivity contribution in [3.8, 4) is 11.8 Å². The van der Waals surface area contributed by atoms with Crippen molar-refractivity contribution in [1.29, 1.82) is 0 Å². The molecule has 18 heavy (non-hydrogen) atoms. The molecular weight excluding hydrogens is 316 g/mol. The highest BCUT2D eigenvalue weighted by Crippen LogP contribution is 2.16. The SMILES string of the molecule is CC(=O)SCCC#Cc1cc(Br)ccc1C(=O)O. The maximum atomic E-state index is 11.0. The van der Waals surface area contributed by atoms with Gasteiger partial charge < -0.3 is 5.11 Å². The third-order valence-corrected chi connectivity index (χ3v) is 3.28. The zero-order valence-corrected chi connectivity index (χ0v) is 12.1. The Bertz CT molecular complexity index is 529. The lowest BCUT2D eigenvalue weighted by Crippen LogP contribution is -1.99. The van der Waals surface area contributed by atoms with Gasteiger partial charge in [-0.25, -0.2) is 4.79 Å². The van der Waals surface area contributed by atoms with Gasteiger partial charge >= 0.3 is 5.97 Å². The molecule has 5 heteroatoms. The van der Waals surface area contributed by atoms with Crippen molar-refractivity contribution in [1.82, 2.24) is 0 Å². The van der Waals surface area contributed by atoms with Gasteiger partial charge in [-0.05, 0) is 18.2 Å². The predicted octanol–water partition coefficient (Wildman–Crippen LogP) is 3.17. The van der Waals surface area contributed by atoms with Crippen molar-refractivity contribution in [2.75, 3.05) is 5.75 Å². The molecule has 1 aromatic rings. The number of aromatic carboxylic acids is 1. The van der Waals surface area contributed by atoms with Gasteiger partial charge in [0.1, 0.15) is 0 Å². The molecule has 0 fully saturated rings. The van der Waals surface area contributed by atoms with E-state index in [1.54, 1.807) is 12.1 Å². The van der Waals surface area contributed by atoms with E-state index < -0.39 is 5.97 Å². The summed E-state index contributed by atoms with van der Waals surface area (Å²) in [5.74, 6) is 5.32. The molecule has 0 unspecified atom stereocenters. The maximum absolute atomic E-state index is 11.0. The van der Waals surface area contributed by atoms with Gasteiger partial charge in [0, 0.05) is 29.1 Å². The quantitative estimate of drug-likeness (QED) is 0.684. The summed E-state index contributed by atoms with van der Waals surface area (Å²) >= 11 is 4.49. The molecule has 0 saturated carbocycles. The smallest absolute Gasteiger partial charge is 0.336 e. The highest BCUT2D eigenvalue weighted by atomic mass is 79.9. The lowest BCUT2D eigenvalue weighted by Gasteiger charge is -1.99. The average Bonchev–Trinajstić information content (AvgIpc) is 2.27. The van der Waals surface area contributed by atoms with Gasteiger partial charge in [0.15, 0.2) is 5.12 Å². The summed E-state index contributed by atoms with van der Waals surface area (Å²) in [6.45, 7) is 1.51. The van der Waals surface area contributed by atoms with Gasteiger partial charge in [0.25, 0.3) is 0 Å². The Morgan fingerprint density at radius 3 is 2.78 bits per heavy atom. The molecule has 3 nitrogen and oxygen atoms in total. The number of hydrogen-bond acceptors (Lipinski definition) is 3. The van der Waals surface area contributed by atoms with Gasteiger partial charge in [0.2, 0.25) is 0 Å². The van der Waals surface area contributed by atoms with Crippen LogP contribution in [0.2, 0.25) is 0 Å². The van der Waals surface area contributed by atoms with Gasteiger partial charge in [-0.1, -0.05) is 39.5 Å². The fourth-order valence-electron chi connectivity index (χ4n) is 1.21. The van der Waals surface area contributed by atoms with E-state index in [1.165, 1.54) is 24.8 Å². The van der Waals surface area contributed by atoms with Crippen LogP contribution in [0.4, 0.5) is 0 Å². The average molecular weight is 327 g/mol. The van der Waals surface area contributed by atoms with Crippen LogP contribution in [0.5, 0.6) is 0 Å². The molecule has 0 aliphatic heterocycles. The van der Waals surface area contributed by atoms with Crippen LogP contribution in [0.15, 0.2) is 22.7 Å². The molecule has 1 aromatic carbocycles. The van der Waals surface area contributed by atoms with Crippen molar-refractivity contribution in [3.63, 3.8) is 0 Å². The van der Waals surface area contributed by atoms with Crippen LogP contribution >= 0.6 is 27.7 Å². The predicted molar refractivity (Wildman–Crippen MR) is 75.7 cm³/mol. The molecule has 1 N–H and O–H groups in total. The molecule has 94 valence electrons. The van der Waals surface area contributed by atoms with E-state index >= 15 is 0 Å². The zero-order valence-electron chi connectivity index (χ0n) is 9.70. The first-order chi connectivity index (χ1) is 8.50. The fourth-order valence-corrected chi connectivity index (χ4v) is 2.06. The Balaban J connectivity index is 2.77. The molecule has 0 atom stereocenters. The van der Waals surface area contributed by atoms with E-state index in [0.29, 0.717) is 17.7 Å². The van der Waals surface area contributed by atoms with E-state index in [2.05, 4.69) is 27.8 Å². The first-order valence-electron chi connectivity index (χ1n) is 5.16. The summed E-state index contributed by atoms with van der Waals surface area (Å²) in [7, 11) is 0. The Morgan fingerprint density at radius 1 is 1.44 bits per heavy atom. The van der Waals surface area contributed by atoms with Crippen molar-refractivity contribution in [3.05, 3.63) is 33.8 Å². The molecule has 0 spiro atoms. The van der Waals surface area contributed by atoms with Crippen LogP contribution in [-0.2, 0) is 4.79 Å². The molecular formula is C13H11BrO3S. The summed E-state index contributed by atoms with van der Waals surface area (Å²) in [6.07, 6.45) is 0.551. The number of rotatable bonds is 3. The third-order valence-electron chi connectivity index (χ3n) is 1.97. The van der Waals surface area contributed by atoms with Gasteiger partial charge in [-0.2, -0.15) is 0 Å². The summed E-state index contributed by atoms with van der Waals surface area (Å²) in [4.78, 5) is 21.7. The van der Waals surface area contributed by atoms with Crippen LogP contribution < -0.4 is 0 Å². The Labute approximate surface area is 118 Å². The van der Waals surface area contributed by atoms with Crippen LogP contribution in [0, 0.1) is 11.8 Å². The Kier molecular flexibility index (Phi) is 5.96. The molecule has 0 saturated heterocycles. The summed E-state index contributed by atoms with van der Waals surface area (Å²) in [5, 5.41) is 9.06. The zero-order chi connectivity index (χ0) is 13.5. The minimum absolute atomic E-state index is 0.0606. The monoisotopic (exact) mass is 326 g/mol. The van der Waals surface area contributed by atoms with Crippen LogP contribution in [0.25, 0.3) is 0 Å². The van der Waals surface area contributed by atoms with Crippen molar-refractivity contribution in [2.24, 2.45) is 0 Å². The summed E-state index contributed by atoms with van der Waals surface area (Å²) in [6, 6.07) is 4.86. The number of thioether (sulfide) groups is 1. The minimum Gasteiger partial charge on any atom is -0.478 e. The molecule has 0 heterocycles. The molecule has 0 aliphatic carbocycles. The lowest BCUT2D eigenvalue weighted by atomic mass is 10.1. The van der Waals surface area contributed by atoms with Gasteiger partial charge in [-0.15, -0.1) is 0 Å². The standard InChI is InChI=1S/C13H11BrO3S/c1-9(15)18-7-3-2-4-10-8-11(14)5-6-12(10)13(16)17/h5-6,8H,3,7H2,1H3,(H,16,17). The highest BCUT2D eigenvalue weighted by molar-refractivity contribution is 9.10. The number of carboxylic acids is 1. The number of benzene rings is 1. The molecule has 1 rings (SSSR count). The number of carboxylic acid groups (broad SMARTS) is 1. The Morgan fingerprint density at radius 2 is 2.17 bits per heavy atom. The number of halogens is 1. The number of hydrogen-bond donors (Lipinski definition) is 1. The second-order valence-corrected chi connectivity index (χ2v) is 5.57. The second-order valence-electron chi connectivity index (χ2n) is 3.39. The minimum atomic E-state index is -0.995. The molecule has 0 aromatic heterocycles. The van der Waals surface area contributed by atoms with E-state index in [0.717, 1.165) is 4.47 Å². The van der Waals surface area contributed by atoms with E-state index in [9.17, 15) is 9.59 Å². The van der Waals surface area contributed by atoms with E-state index in [4.69, 9.17) is 5.11 Å². The second kappa shape index (κ2) is 7.24. The van der Waals surface area contributed by atoms with Crippen LogP contribution in [0.1, 0.15) is 29.3 Å². The number of carbonyl (C=O) groups excluding carboxylic acids is 1. The Hall–Kier alpha value is -1.25. The first-order valence-corrected chi connectivity index (χ1v) is 6.93. The molecule has 0 amide bonds. The maximum Gasteiger partial charge on any atom is 0.336 e. The summed E-state index contributed by atoms with van der Waals surface area (Å²) < 4.78 is 0.787. The van der Waals surface area contributed by atoms with E-state index in [-0.39, 0.29) is 10.7 Å². The van der Waals surface area contributed by atoms with E-state index in [1.807, 2.05) is 0 Å². The van der Waals surface area contributed by atoms with Gasteiger partial charge in [-0.3, -0.25) is 4.79 Å². The fraction of sp³-hybridized carbons (Fsp3) is 0.231. The first kappa shape index (κ1) is 14.8. The molecule has 0 radical (unpaired) electrons. The van der Waals surface area contributed by atoms with Crippen molar-refractivity contribution in [2.45, 2.75) is 13.3 Å². The normalized spacial score (nSPS) is 9.44. The highest BCUT2D eigenvalue weighted by Gasteiger charge is 2.07. The summed E-state index contributed by atoms with van der Waals surface area (Å²) in [5.41, 5.74) is 0.662.